The summed E-state index contributed by atoms with van der Waals surface area (Å²) in [6.07, 6.45) is 1.79. The van der Waals surface area contributed by atoms with Crippen LogP contribution in [-0.4, -0.2) is 22.0 Å². The molecule has 2 aromatic rings. The van der Waals surface area contributed by atoms with Crippen LogP contribution in [0.4, 0.5) is 4.39 Å². The van der Waals surface area contributed by atoms with Crippen LogP contribution in [0.3, 0.4) is 0 Å². The molecule has 0 fully saturated rings. The van der Waals surface area contributed by atoms with Crippen molar-refractivity contribution in [2.45, 2.75) is 13.5 Å². The van der Waals surface area contributed by atoms with E-state index in [1.54, 1.807) is 16.9 Å². The molecule has 0 saturated heterocycles. The number of hydrogen-bond donors (Lipinski definition) is 1. The summed E-state index contributed by atoms with van der Waals surface area (Å²) in [5, 5.41) is 10.9. The van der Waals surface area contributed by atoms with E-state index in [1.807, 2.05) is 14.0 Å². The second kappa shape index (κ2) is 4.40. The molecule has 0 radical (unpaired) electrons. The molecule has 1 heterocycles. The highest BCUT2D eigenvalue weighted by atomic mass is 19.1. The van der Waals surface area contributed by atoms with Gasteiger partial charge in [-0.3, -0.25) is 0 Å². The van der Waals surface area contributed by atoms with Crippen molar-refractivity contribution in [2.75, 3.05) is 7.05 Å². The van der Waals surface area contributed by atoms with Crippen LogP contribution in [-0.2, 0) is 6.54 Å². The third-order valence-corrected chi connectivity index (χ3v) is 2.32. The normalized spacial score (nSPS) is 10.7. The van der Waals surface area contributed by atoms with Crippen molar-refractivity contribution in [3.05, 3.63) is 41.5 Å². The van der Waals surface area contributed by atoms with Gasteiger partial charge < -0.3 is 5.32 Å². The fourth-order valence-electron chi connectivity index (χ4n) is 1.51. The van der Waals surface area contributed by atoms with Crippen LogP contribution >= 0.6 is 0 Å². The molecular weight excluding hydrogens is 207 g/mol. The zero-order valence-corrected chi connectivity index (χ0v) is 9.24. The molecule has 0 spiro atoms. The summed E-state index contributed by atoms with van der Waals surface area (Å²) in [7, 11) is 1.84. The highest BCUT2D eigenvalue weighted by Gasteiger charge is 2.05. The molecule has 0 aliphatic rings. The molecule has 0 atom stereocenters. The van der Waals surface area contributed by atoms with Crippen molar-refractivity contribution in [3.63, 3.8) is 0 Å². The third-order valence-electron chi connectivity index (χ3n) is 2.32. The predicted octanol–water partition coefficient (Wildman–Crippen LogP) is 1.43. The summed E-state index contributed by atoms with van der Waals surface area (Å²) in [5.74, 6) is -0.272. The Morgan fingerprint density at radius 2 is 2.25 bits per heavy atom. The molecule has 0 unspecified atom stereocenters. The Bertz CT molecular complexity index is 492. The summed E-state index contributed by atoms with van der Waals surface area (Å²) in [5.41, 5.74) is 2.50. The van der Waals surface area contributed by atoms with Crippen molar-refractivity contribution in [1.29, 1.82) is 0 Å². The van der Waals surface area contributed by atoms with Crippen LogP contribution in [0, 0.1) is 12.7 Å². The largest absolute Gasteiger partial charge is 0.314 e. The number of benzene rings is 1. The lowest BCUT2D eigenvalue weighted by molar-refractivity contribution is 0.624. The molecule has 0 saturated carbocycles. The molecule has 2 rings (SSSR count). The number of rotatable bonds is 3. The Hall–Kier alpha value is -1.75. The zero-order valence-electron chi connectivity index (χ0n) is 9.24. The predicted molar refractivity (Wildman–Crippen MR) is 58.8 cm³/mol. The first kappa shape index (κ1) is 10.8. The van der Waals surface area contributed by atoms with Crippen molar-refractivity contribution in [3.8, 4) is 5.69 Å². The standard InChI is InChI=1S/C11H13FN4/c1-8-3-4-9(12)5-11(8)16-7-10(6-13-2)14-15-16/h3-5,7,13H,6H2,1-2H3. The lowest BCUT2D eigenvalue weighted by Gasteiger charge is -2.04. The van der Waals surface area contributed by atoms with Gasteiger partial charge in [-0.1, -0.05) is 11.3 Å². The quantitative estimate of drug-likeness (QED) is 0.851. The van der Waals surface area contributed by atoms with Gasteiger partial charge in [-0.05, 0) is 31.7 Å². The van der Waals surface area contributed by atoms with Gasteiger partial charge in [0.05, 0.1) is 17.6 Å². The third kappa shape index (κ3) is 2.09. The molecule has 1 N–H and O–H groups in total. The number of aromatic nitrogens is 3. The fourth-order valence-corrected chi connectivity index (χ4v) is 1.51. The number of hydrogen-bond acceptors (Lipinski definition) is 3. The number of aryl methyl sites for hydroxylation is 1. The van der Waals surface area contributed by atoms with E-state index in [-0.39, 0.29) is 5.82 Å². The second-order valence-electron chi connectivity index (χ2n) is 3.62. The molecular formula is C11H13FN4. The first-order chi connectivity index (χ1) is 7.70. The van der Waals surface area contributed by atoms with Crippen LogP contribution < -0.4 is 5.32 Å². The average Bonchev–Trinajstić information content (AvgIpc) is 2.71. The molecule has 0 amide bonds. The van der Waals surface area contributed by atoms with Gasteiger partial charge in [0, 0.05) is 6.54 Å². The summed E-state index contributed by atoms with van der Waals surface area (Å²) in [4.78, 5) is 0. The van der Waals surface area contributed by atoms with E-state index in [4.69, 9.17) is 0 Å². The highest BCUT2D eigenvalue weighted by molar-refractivity contribution is 5.39. The molecule has 0 aliphatic carbocycles. The first-order valence-corrected chi connectivity index (χ1v) is 5.03. The average molecular weight is 220 g/mol. The maximum absolute atomic E-state index is 13.1. The monoisotopic (exact) mass is 220 g/mol. The summed E-state index contributed by atoms with van der Waals surface area (Å²) < 4.78 is 14.7. The number of nitrogens with one attached hydrogen (secondary N) is 1. The van der Waals surface area contributed by atoms with Crippen molar-refractivity contribution in [2.24, 2.45) is 0 Å². The second-order valence-corrected chi connectivity index (χ2v) is 3.62. The first-order valence-electron chi connectivity index (χ1n) is 5.03. The van der Waals surface area contributed by atoms with Crippen molar-refractivity contribution in [1.82, 2.24) is 20.3 Å². The SMILES string of the molecule is CNCc1cn(-c2cc(F)ccc2C)nn1. The fraction of sp³-hybridized carbons (Fsp3) is 0.273. The Morgan fingerprint density at radius 3 is 3.00 bits per heavy atom. The molecule has 84 valence electrons. The lowest BCUT2D eigenvalue weighted by atomic mass is 10.2. The molecule has 5 heteroatoms. The minimum absolute atomic E-state index is 0.272. The maximum Gasteiger partial charge on any atom is 0.125 e. The summed E-state index contributed by atoms with van der Waals surface area (Å²) in [6, 6.07) is 4.61. The Balaban J connectivity index is 2.38. The molecule has 0 bridgehead atoms. The van der Waals surface area contributed by atoms with E-state index in [2.05, 4.69) is 15.6 Å². The molecule has 1 aromatic heterocycles. The Labute approximate surface area is 93.1 Å². The number of nitrogens with zero attached hydrogens (tertiary/aromatic N) is 3. The topological polar surface area (TPSA) is 42.7 Å². The smallest absolute Gasteiger partial charge is 0.125 e. The number of halogens is 1. The van der Waals surface area contributed by atoms with Gasteiger partial charge in [0.25, 0.3) is 0 Å². The van der Waals surface area contributed by atoms with E-state index in [1.165, 1.54) is 12.1 Å². The minimum Gasteiger partial charge on any atom is -0.314 e. The van der Waals surface area contributed by atoms with Gasteiger partial charge in [0.2, 0.25) is 0 Å². The zero-order chi connectivity index (χ0) is 11.5. The van der Waals surface area contributed by atoms with Crippen LogP contribution in [0.2, 0.25) is 0 Å². The van der Waals surface area contributed by atoms with E-state index in [0.29, 0.717) is 6.54 Å². The van der Waals surface area contributed by atoms with E-state index >= 15 is 0 Å². The summed E-state index contributed by atoms with van der Waals surface area (Å²) >= 11 is 0. The molecule has 16 heavy (non-hydrogen) atoms. The van der Waals surface area contributed by atoms with E-state index < -0.39 is 0 Å². The van der Waals surface area contributed by atoms with Gasteiger partial charge in [-0.15, -0.1) is 5.10 Å². The Kier molecular flexibility index (Phi) is 2.96. The molecule has 4 nitrogen and oxygen atoms in total. The molecule has 1 aromatic carbocycles. The van der Waals surface area contributed by atoms with Gasteiger partial charge >= 0.3 is 0 Å². The van der Waals surface area contributed by atoms with Gasteiger partial charge in [0.15, 0.2) is 0 Å². The van der Waals surface area contributed by atoms with Gasteiger partial charge in [-0.25, -0.2) is 9.07 Å². The van der Waals surface area contributed by atoms with Crippen LogP contribution in [0.5, 0.6) is 0 Å². The van der Waals surface area contributed by atoms with Gasteiger partial charge in [0.1, 0.15) is 5.82 Å². The van der Waals surface area contributed by atoms with Crippen LogP contribution in [0.1, 0.15) is 11.3 Å². The summed E-state index contributed by atoms with van der Waals surface area (Å²) in [6.45, 7) is 2.56. The maximum atomic E-state index is 13.1. The highest BCUT2D eigenvalue weighted by Crippen LogP contribution is 2.14. The van der Waals surface area contributed by atoms with E-state index in [0.717, 1.165) is 16.9 Å². The van der Waals surface area contributed by atoms with Crippen molar-refractivity contribution >= 4 is 0 Å². The lowest BCUT2D eigenvalue weighted by Crippen LogP contribution is -2.05. The van der Waals surface area contributed by atoms with Crippen molar-refractivity contribution < 1.29 is 4.39 Å². The van der Waals surface area contributed by atoms with Gasteiger partial charge in [-0.2, -0.15) is 0 Å². The molecule has 0 aliphatic heterocycles. The van der Waals surface area contributed by atoms with E-state index in [9.17, 15) is 4.39 Å². The minimum atomic E-state index is -0.272. The van der Waals surface area contributed by atoms with Crippen LogP contribution in [0.15, 0.2) is 24.4 Å². The van der Waals surface area contributed by atoms with Crippen LogP contribution in [0.25, 0.3) is 5.69 Å². The Morgan fingerprint density at radius 1 is 1.44 bits per heavy atom.